The number of allylic oxidation sites excluding steroid dienone is 2. The average molecular weight is 298 g/mol. The fraction of sp³-hybridized carbons (Fsp3) is 0.143. The Bertz CT molecular complexity index is 791. The van der Waals surface area contributed by atoms with Crippen LogP contribution in [0.15, 0.2) is 42.6 Å². The standard InChI is InChI=1S/C14H11FN6O/c1-22-20-5-3-2-4-13(20)14-17-19-21(18-14)12-7-10(9-16)6-11(15)8-12/h2-8,13H,1H3. The van der Waals surface area contributed by atoms with Crippen molar-refractivity contribution in [3.63, 3.8) is 0 Å². The first-order valence-corrected chi connectivity index (χ1v) is 6.39. The maximum atomic E-state index is 13.5. The van der Waals surface area contributed by atoms with E-state index in [-0.39, 0.29) is 11.6 Å². The Morgan fingerprint density at radius 3 is 2.95 bits per heavy atom. The molecule has 1 aliphatic rings. The van der Waals surface area contributed by atoms with Gasteiger partial charge in [-0.1, -0.05) is 12.2 Å². The number of tetrazole rings is 1. The number of hydrogen-bond donors (Lipinski definition) is 0. The molecule has 1 unspecified atom stereocenters. The van der Waals surface area contributed by atoms with Gasteiger partial charge in [-0.05, 0) is 23.4 Å². The number of halogens is 1. The maximum absolute atomic E-state index is 13.5. The quantitative estimate of drug-likeness (QED) is 0.857. The Morgan fingerprint density at radius 2 is 2.18 bits per heavy atom. The van der Waals surface area contributed by atoms with E-state index < -0.39 is 5.82 Å². The van der Waals surface area contributed by atoms with E-state index in [1.165, 1.54) is 24.0 Å². The number of rotatable bonds is 3. The summed E-state index contributed by atoms with van der Waals surface area (Å²) < 4.78 is 13.5. The lowest BCUT2D eigenvalue weighted by molar-refractivity contribution is -0.112. The topological polar surface area (TPSA) is 79.9 Å². The molecule has 7 nitrogen and oxygen atoms in total. The molecule has 1 aliphatic heterocycles. The van der Waals surface area contributed by atoms with Crippen molar-refractivity contribution in [3.05, 3.63) is 59.8 Å². The molecule has 1 aromatic carbocycles. The van der Waals surface area contributed by atoms with E-state index in [4.69, 9.17) is 10.1 Å². The third kappa shape index (κ3) is 2.57. The van der Waals surface area contributed by atoms with Crippen molar-refractivity contribution in [3.8, 4) is 11.8 Å². The molecule has 0 saturated heterocycles. The second-order valence-corrected chi connectivity index (χ2v) is 4.46. The van der Waals surface area contributed by atoms with Crippen molar-refractivity contribution in [1.82, 2.24) is 25.3 Å². The van der Waals surface area contributed by atoms with E-state index in [9.17, 15) is 4.39 Å². The van der Waals surface area contributed by atoms with Gasteiger partial charge in [0.1, 0.15) is 11.9 Å². The van der Waals surface area contributed by atoms with Crippen LogP contribution in [-0.4, -0.2) is 32.4 Å². The van der Waals surface area contributed by atoms with Gasteiger partial charge in [0.15, 0.2) is 0 Å². The van der Waals surface area contributed by atoms with Gasteiger partial charge in [-0.25, -0.2) is 9.45 Å². The molecule has 0 spiro atoms. The Labute approximate surface area is 125 Å². The molecule has 0 saturated carbocycles. The highest BCUT2D eigenvalue weighted by atomic mass is 19.1. The molecule has 22 heavy (non-hydrogen) atoms. The van der Waals surface area contributed by atoms with E-state index in [0.29, 0.717) is 11.5 Å². The van der Waals surface area contributed by atoms with Gasteiger partial charge in [0.2, 0.25) is 5.82 Å². The summed E-state index contributed by atoms with van der Waals surface area (Å²) in [4.78, 5) is 6.38. The molecule has 1 aromatic heterocycles. The number of nitrogens with zero attached hydrogens (tertiary/aromatic N) is 6. The zero-order chi connectivity index (χ0) is 15.5. The largest absolute Gasteiger partial charge is 0.276 e. The molecule has 0 N–H and O–H groups in total. The Morgan fingerprint density at radius 1 is 1.32 bits per heavy atom. The summed E-state index contributed by atoms with van der Waals surface area (Å²) >= 11 is 0. The van der Waals surface area contributed by atoms with Crippen LogP contribution in [0.5, 0.6) is 0 Å². The number of nitriles is 1. The van der Waals surface area contributed by atoms with E-state index in [1.807, 2.05) is 24.3 Å². The van der Waals surface area contributed by atoms with Crippen molar-refractivity contribution < 1.29 is 9.23 Å². The summed E-state index contributed by atoms with van der Waals surface area (Å²) in [5, 5.41) is 22.6. The van der Waals surface area contributed by atoms with E-state index in [0.717, 1.165) is 6.07 Å². The lowest BCUT2D eigenvalue weighted by Crippen LogP contribution is -2.23. The Hall–Kier alpha value is -3.05. The van der Waals surface area contributed by atoms with Gasteiger partial charge in [0.25, 0.3) is 0 Å². The molecule has 3 rings (SSSR count). The predicted octanol–water partition coefficient (Wildman–Crippen LogP) is 1.66. The Balaban J connectivity index is 1.94. The van der Waals surface area contributed by atoms with Gasteiger partial charge < -0.3 is 0 Å². The molecule has 0 radical (unpaired) electrons. The second kappa shape index (κ2) is 5.75. The highest BCUT2D eigenvalue weighted by molar-refractivity contribution is 5.40. The van der Waals surface area contributed by atoms with Gasteiger partial charge in [0.05, 0.1) is 24.4 Å². The number of benzene rings is 1. The lowest BCUT2D eigenvalue weighted by Gasteiger charge is -2.24. The van der Waals surface area contributed by atoms with Gasteiger partial charge >= 0.3 is 0 Å². The molecule has 2 aromatic rings. The summed E-state index contributed by atoms with van der Waals surface area (Å²) in [6.45, 7) is 0. The summed E-state index contributed by atoms with van der Waals surface area (Å²) in [7, 11) is 1.53. The fourth-order valence-electron chi connectivity index (χ4n) is 2.06. The normalized spacial score (nSPS) is 16.8. The van der Waals surface area contributed by atoms with E-state index in [1.54, 1.807) is 11.3 Å². The van der Waals surface area contributed by atoms with Crippen LogP contribution in [0.3, 0.4) is 0 Å². The molecule has 2 heterocycles. The third-order valence-corrected chi connectivity index (χ3v) is 3.06. The summed E-state index contributed by atoms with van der Waals surface area (Å²) in [6, 6.07) is 5.42. The summed E-state index contributed by atoms with van der Waals surface area (Å²) in [5.74, 6) is -0.142. The zero-order valence-electron chi connectivity index (χ0n) is 11.6. The first-order valence-electron chi connectivity index (χ1n) is 6.39. The maximum Gasteiger partial charge on any atom is 0.204 e. The van der Waals surface area contributed by atoms with Gasteiger partial charge in [-0.2, -0.15) is 5.26 Å². The molecular weight excluding hydrogens is 287 g/mol. The molecule has 1 atom stereocenters. The van der Waals surface area contributed by atoms with Crippen molar-refractivity contribution in [2.24, 2.45) is 0 Å². The van der Waals surface area contributed by atoms with Crippen LogP contribution in [0, 0.1) is 17.1 Å². The fourth-order valence-corrected chi connectivity index (χ4v) is 2.06. The van der Waals surface area contributed by atoms with Crippen LogP contribution in [0.2, 0.25) is 0 Å². The molecule has 8 heteroatoms. The van der Waals surface area contributed by atoms with E-state index >= 15 is 0 Å². The minimum Gasteiger partial charge on any atom is -0.276 e. The number of hydroxylamine groups is 2. The molecule has 0 aliphatic carbocycles. The summed E-state index contributed by atoms with van der Waals surface area (Å²) in [6.07, 6.45) is 7.24. The molecule has 0 fully saturated rings. The highest BCUT2D eigenvalue weighted by Gasteiger charge is 2.22. The van der Waals surface area contributed by atoms with Crippen molar-refractivity contribution >= 4 is 0 Å². The lowest BCUT2D eigenvalue weighted by atomic mass is 10.2. The van der Waals surface area contributed by atoms with Crippen LogP contribution >= 0.6 is 0 Å². The minimum absolute atomic E-state index is 0.188. The molecule has 0 amide bonds. The van der Waals surface area contributed by atoms with Crippen LogP contribution in [0.4, 0.5) is 4.39 Å². The first kappa shape index (κ1) is 13.9. The Kier molecular flexibility index (Phi) is 3.64. The first-order chi connectivity index (χ1) is 10.7. The molecule has 110 valence electrons. The van der Waals surface area contributed by atoms with Crippen molar-refractivity contribution in [2.75, 3.05) is 7.11 Å². The predicted molar refractivity (Wildman–Crippen MR) is 73.7 cm³/mol. The third-order valence-electron chi connectivity index (χ3n) is 3.06. The van der Waals surface area contributed by atoms with Crippen LogP contribution in [0.25, 0.3) is 5.69 Å². The number of aromatic nitrogens is 4. The van der Waals surface area contributed by atoms with Crippen LogP contribution in [0.1, 0.15) is 17.4 Å². The van der Waals surface area contributed by atoms with Gasteiger partial charge in [-0.3, -0.25) is 4.84 Å². The SMILES string of the molecule is CON1C=CC=CC1c1nnn(-c2cc(F)cc(C#N)c2)n1. The second-order valence-electron chi connectivity index (χ2n) is 4.46. The number of hydrogen-bond acceptors (Lipinski definition) is 6. The molecule has 0 bridgehead atoms. The van der Waals surface area contributed by atoms with E-state index in [2.05, 4.69) is 15.4 Å². The van der Waals surface area contributed by atoms with Crippen molar-refractivity contribution in [1.29, 1.82) is 5.26 Å². The van der Waals surface area contributed by atoms with Crippen molar-refractivity contribution in [2.45, 2.75) is 6.04 Å². The highest BCUT2D eigenvalue weighted by Crippen LogP contribution is 2.22. The van der Waals surface area contributed by atoms with Crippen LogP contribution in [-0.2, 0) is 4.84 Å². The average Bonchev–Trinajstić information content (AvgIpc) is 3.04. The van der Waals surface area contributed by atoms with Gasteiger partial charge in [-0.15, -0.1) is 15.0 Å². The summed E-state index contributed by atoms with van der Waals surface area (Å²) in [5.41, 5.74) is 0.516. The zero-order valence-corrected chi connectivity index (χ0v) is 11.6. The monoisotopic (exact) mass is 298 g/mol. The smallest absolute Gasteiger partial charge is 0.204 e. The van der Waals surface area contributed by atoms with Gasteiger partial charge in [0, 0.05) is 12.3 Å². The minimum atomic E-state index is -0.535. The molecular formula is C14H11FN6O. The van der Waals surface area contributed by atoms with Crippen LogP contribution < -0.4 is 0 Å².